The summed E-state index contributed by atoms with van der Waals surface area (Å²) in [4.78, 5) is 14.8. The van der Waals surface area contributed by atoms with E-state index in [1.165, 1.54) is 13.0 Å². The standard InChI is InChI=1S/C15H29N3O/c1-3-18-8-4-5-12(10-18)17-15(19)13-9-11(2)6-7-14(13)16/h11-14H,3-10,16H2,1-2H3,(H,17,19). The number of rotatable bonds is 3. The molecule has 4 atom stereocenters. The van der Waals surface area contributed by atoms with Crippen molar-refractivity contribution in [3.05, 3.63) is 0 Å². The van der Waals surface area contributed by atoms with Gasteiger partial charge in [0.2, 0.25) is 5.91 Å². The van der Waals surface area contributed by atoms with E-state index in [1.807, 2.05) is 0 Å². The molecule has 4 nitrogen and oxygen atoms in total. The van der Waals surface area contributed by atoms with E-state index in [4.69, 9.17) is 5.73 Å². The smallest absolute Gasteiger partial charge is 0.224 e. The Labute approximate surface area is 117 Å². The zero-order valence-electron chi connectivity index (χ0n) is 12.4. The molecule has 2 aliphatic rings. The molecule has 1 aliphatic carbocycles. The first-order chi connectivity index (χ1) is 9.10. The van der Waals surface area contributed by atoms with E-state index < -0.39 is 0 Å². The lowest BCUT2D eigenvalue weighted by molar-refractivity contribution is -0.128. The first-order valence-corrected chi connectivity index (χ1v) is 7.88. The van der Waals surface area contributed by atoms with Gasteiger partial charge < -0.3 is 16.0 Å². The summed E-state index contributed by atoms with van der Waals surface area (Å²) in [6, 6.07) is 0.382. The number of amides is 1. The van der Waals surface area contributed by atoms with Crippen molar-refractivity contribution < 1.29 is 4.79 Å². The zero-order valence-corrected chi connectivity index (χ0v) is 12.4. The monoisotopic (exact) mass is 267 g/mol. The predicted octanol–water partition coefficient (Wildman–Crippen LogP) is 1.35. The van der Waals surface area contributed by atoms with Crippen LogP contribution in [-0.4, -0.2) is 42.5 Å². The number of likely N-dealkylation sites (tertiary alicyclic amines) is 1. The summed E-state index contributed by atoms with van der Waals surface area (Å²) in [5, 5.41) is 3.24. The Morgan fingerprint density at radius 3 is 2.89 bits per heavy atom. The maximum atomic E-state index is 12.4. The largest absolute Gasteiger partial charge is 0.352 e. The van der Waals surface area contributed by atoms with E-state index in [9.17, 15) is 4.79 Å². The van der Waals surface area contributed by atoms with E-state index >= 15 is 0 Å². The van der Waals surface area contributed by atoms with Crippen LogP contribution in [0.4, 0.5) is 0 Å². The van der Waals surface area contributed by atoms with Gasteiger partial charge in [0.05, 0.1) is 5.92 Å². The highest BCUT2D eigenvalue weighted by Gasteiger charge is 2.33. The van der Waals surface area contributed by atoms with Crippen LogP contribution >= 0.6 is 0 Å². The summed E-state index contributed by atoms with van der Waals surface area (Å²) >= 11 is 0. The van der Waals surface area contributed by atoms with Crippen LogP contribution in [0.3, 0.4) is 0 Å². The minimum atomic E-state index is 0.0285. The zero-order chi connectivity index (χ0) is 13.8. The Morgan fingerprint density at radius 1 is 1.37 bits per heavy atom. The average molecular weight is 267 g/mol. The maximum absolute atomic E-state index is 12.4. The molecule has 3 N–H and O–H groups in total. The summed E-state index contributed by atoms with van der Waals surface area (Å²) in [6.45, 7) is 7.66. The molecule has 2 fully saturated rings. The number of hydrogen-bond acceptors (Lipinski definition) is 3. The molecule has 1 amide bonds. The third kappa shape index (κ3) is 3.93. The van der Waals surface area contributed by atoms with Crippen LogP contribution < -0.4 is 11.1 Å². The fourth-order valence-corrected chi connectivity index (χ4v) is 3.47. The Kier molecular flexibility index (Phi) is 5.22. The molecule has 1 saturated carbocycles. The van der Waals surface area contributed by atoms with E-state index in [0.29, 0.717) is 12.0 Å². The molecule has 0 aromatic carbocycles. The molecular formula is C15H29N3O. The third-order valence-electron chi connectivity index (χ3n) is 4.80. The summed E-state index contributed by atoms with van der Waals surface area (Å²) in [5.41, 5.74) is 6.13. The molecule has 1 heterocycles. The molecule has 4 heteroatoms. The van der Waals surface area contributed by atoms with Crippen molar-refractivity contribution in [2.24, 2.45) is 17.6 Å². The molecule has 0 aromatic heterocycles. The second-order valence-corrected chi connectivity index (χ2v) is 6.43. The van der Waals surface area contributed by atoms with Crippen LogP contribution in [0.5, 0.6) is 0 Å². The van der Waals surface area contributed by atoms with Crippen LogP contribution in [0.15, 0.2) is 0 Å². The van der Waals surface area contributed by atoms with E-state index in [2.05, 4.69) is 24.1 Å². The molecule has 4 unspecified atom stereocenters. The highest BCUT2D eigenvalue weighted by molar-refractivity contribution is 5.79. The van der Waals surface area contributed by atoms with E-state index in [-0.39, 0.29) is 17.9 Å². The topological polar surface area (TPSA) is 58.4 Å². The van der Waals surface area contributed by atoms with Crippen molar-refractivity contribution in [2.75, 3.05) is 19.6 Å². The molecule has 0 spiro atoms. The van der Waals surface area contributed by atoms with Crippen LogP contribution in [0.2, 0.25) is 0 Å². The highest BCUT2D eigenvalue weighted by Crippen LogP contribution is 2.28. The first-order valence-electron chi connectivity index (χ1n) is 7.88. The Bertz CT molecular complexity index is 308. The highest BCUT2D eigenvalue weighted by atomic mass is 16.2. The van der Waals surface area contributed by atoms with Gasteiger partial charge in [-0.05, 0) is 51.1 Å². The second-order valence-electron chi connectivity index (χ2n) is 6.43. The van der Waals surface area contributed by atoms with Crippen molar-refractivity contribution >= 4 is 5.91 Å². The molecule has 2 rings (SSSR count). The number of nitrogens with two attached hydrogens (primary N) is 1. The molecule has 110 valence electrons. The van der Waals surface area contributed by atoms with Crippen molar-refractivity contribution in [3.63, 3.8) is 0 Å². The number of carbonyl (C=O) groups excluding carboxylic acids is 1. The summed E-state index contributed by atoms with van der Waals surface area (Å²) in [7, 11) is 0. The van der Waals surface area contributed by atoms with Crippen molar-refractivity contribution in [2.45, 2.75) is 58.0 Å². The maximum Gasteiger partial charge on any atom is 0.224 e. The van der Waals surface area contributed by atoms with Gasteiger partial charge in [0.1, 0.15) is 0 Å². The molecular weight excluding hydrogens is 238 g/mol. The number of nitrogens with zero attached hydrogens (tertiary/aromatic N) is 1. The third-order valence-corrected chi connectivity index (χ3v) is 4.80. The minimum absolute atomic E-state index is 0.0285. The Balaban J connectivity index is 1.85. The predicted molar refractivity (Wildman–Crippen MR) is 77.8 cm³/mol. The van der Waals surface area contributed by atoms with Crippen LogP contribution in [0.1, 0.15) is 46.0 Å². The number of nitrogens with one attached hydrogen (secondary N) is 1. The average Bonchev–Trinajstić information content (AvgIpc) is 2.41. The lowest BCUT2D eigenvalue weighted by Crippen LogP contribution is -2.52. The minimum Gasteiger partial charge on any atom is -0.352 e. The van der Waals surface area contributed by atoms with Gasteiger partial charge in [-0.1, -0.05) is 13.8 Å². The molecule has 0 bridgehead atoms. The van der Waals surface area contributed by atoms with E-state index in [0.717, 1.165) is 38.8 Å². The quantitative estimate of drug-likeness (QED) is 0.811. The second kappa shape index (κ2) is 6.71. The van der Waals surface area contributed by atoms with Gasteiger partial charge in [0.25, 0.3) is 0 Å². The van der Waals surface area contributed by atoms with Crippen molar-refractivity contribution in [1.29, 1.82) is 0 Å². The molecule has 19 heavy (non-hydrogen) atoms. The fraction of sp³-hybridized carbons (Fsp3) is 0.933. The van der Waals surface area contributed by atoms with Gasteiger partial charge in [-0.3, -0.25) is 4.79 Å². The van der Waals surface area contributed by atoms with Gasteiger partial charge in [-0.15, -0.1) is 0 Å². The molecule has 0 aromatic rings. The van der Waals surface area contributed by atoms with Gasteiger partial charge in [-0.25, -0.2) is 0 Å². The van der Waals surface area contributed by atoms with Crippen molar-refractivity contribution in [3.8, 4) is 0 Å². The molecule has 0 radical (unpaired) electrons. The van der Waals surface area contributed by atoms with E-state index in [1.54, 1.807) is 0 Å². The lowest BCUT2D eigenvalue weighted by atomic mass is 9.78. The van der Waals surface area contributed by atoms with Crippen LogP contribution in [0.25, 0.3) is 0 Å². The summed E-state index contributed by atoms with van der Waals surface area (Å²) < 4.78 is 0. The van der Waals surface area contributed by atoms with Crippen molar-refractivity contribution in [1.82, 2.24) is 10.2 Å². The summed E-state index contributed by atoms with van der Waals surface area (Å²) in [6.07, 6.45) is 5.41. The summed E-state index contributed by atoms with van der Waals surface area (Å²) in [5.74, 6) is 0.858. The Morgan fingerprint density at radius 2 is 2.16 bits per heavy atom. The fourth-order valence-electron chi connectivity index (χ4n) is 3.47. The first kappa shape index (κ1) is 14.8. The lowest BCUT2D eigenvalue weighted by Gasteiger charge is -2.36. The van der Waals surface area contributed by atoms with Gasteiger partial charge in [-0.2, -0.15) is 0 Å². The number of carbonyl (C=O) groups is 1. The molecule has 1 aliphatic heterocycles. The van der Waals surface area contributed by atoms with Crippen LogP contribution in [-0.2, 0) is 4.79 Å². The Hall–Kier alpha value is -0.610. The SMILES string of the molecule is CCN1CCCC(NC(=O)C2CC(C)CCC2N)C1. The number of piperidine rings is 1. The molecule has 1 saturated heterocycles. The normalized spacial score (nSPS) is 37.0. The van der Waals surface area contributed by atoms with Gasteiger partial charge in [0, 0.05) is 18.6 Å². The van der Waals surface area contributed by atoms with Gasteiger partial charge in [0.15, 0.2) is 0 Å². The van der Waals surface area contributed by atoms with Gasteiger partial charge >= 0.3 is 0 Å². The number of likely N-dealkylation sites (N-methyl/N-ethyl adjacent to an activating group) is 1. The van der Waals surface area contributed by atoms with Crippen LogP contribution in [0, 0.1) is 11.8 Å². The number of hydrogen-bond donors (Lipinski definition) is 2.